The number of benzene rings is 1. The van der Waals surface area contributed by atoms with E-state index < -0.39 is 11.8 Å². The second kappa shape index (κ2) is 4.30. The van der Waals surface area contributed by atoms with Gasteiger partial charge in [0.05, 0.1) is 5.69 Å². The van der Waals surface area contributed by atoms with Crippen molar-refractivity contribution in [2.75, 3.05) is 11.4 Å². The summed E-state index contributed by atoms with van der Waals surface area (Å²) in [6.07, 6.45) is 0.822. The summed E-state index contributed by atoms with van der Waals surface area (Å²) in [6, 6.07) is 5.18. The Hall–Kier alpha value is -1.91. The summed E-state index contributed by atoms with van der Waals surface area (Å²) < 4.78 is 13.5. The molecule has 0 aliphatic carbocycles. The average molecular weight is 222 g/mol. The second-order valence-corrected chi connectivity index (χ2v) is 3.52. The Kier molecular flexibility index (Phi) is 2.85. The lowest BCUT2D eigenvalue weighted by molar-refractivity contribution is -0.117. The minimum Gasteiger partial charge on any atom is -0.337 e. The van der Waals surface area contributed by atoms with Crippen molar-refractivity contribution < 1.29 is 14.0 Å². The Bertz CT molecular complexity index is 416. The zero-order chi connectivity index (χ0) is 11.5. The Balaban J connectivity index is 2.40. The van der Waals surface area contributed by atoms with E-state index in [4.69, 9.17) is 0 Å². The lowest BCUT2D eigenvalue weighted by atomic mass is 10.2. The highest BCUT2D eigenvalue weighted by Gasteiger charge is 2.27. The molecule has 0 spiro atoms. The molecule has 0 radical (unpaired) electrons. The molecule has 0 aromatic heterocycles. The van der Waals surface area contributed by atoms with Crippen LogP contribution in [0.2, 0.25) is 0 Å². The maximum atomic E-state index is 13.5. The maximum Gasteiger partial charge on any atom is 0.328 e. The van der Waals surface area contributed by atoms with Gasteiger partial charge < -0.3 is 5.32 Å². The summed E-state index contributed by atoms with van der Waals surface area (Å²) in [4.78, 5) is 24.1. The number of amides is 3. The van der Waals surface area contributed by atoms with Crippen molar-refractivity contribution >= 4 is 17.6 Å². The van der Waals surface area contributed by atoms with Gasteiger partial charge in [-0.1, -0.05) is 12.1 Å². The minimum absolute atomic E-state index is 0.00639. The van der Waals surface area contributed by atoms with E-state index in [0.29, 0.717) is 13.0 Å². The van der Waals surface area contributed by atoms with E-state index in [-0.39, 0.29) is 18.0 Å². The standard InChI is InChI=1S/C11H11FN2O2/c12-8-4-1-2-5-9(8)14-10(15)6-3-7-13-11(14)16/h1-2,4-5H,3,6-7H2,(H,13,16). The number of urea groups is 1. The Morgan fingerprint density at radius 1 is 1.25 bits per heavy atom. The average Bonchev–Trinajstić information content (AvgIpc) is 2.42. The number of rotatable bonds is 1. The molecule has 0 bridgehead atoms. The molecular formula is C11H11FN2O2. The number of hydrogen-bond donors (Lipinski definition) is 1. The minimum atomic E-state index is -0.576. The summed E-state index contributed by atoms with van der Waals surface area (Å²) in [5, 5.41) is 2.55. The van der Waals surface area contributed by atoms with Gasteiger partial charge in [-0.2, -0.15) is 0 Å². The first-order chi connectivity index (χ1) is 7.70. The Morgan fingerprint density at radius 2 is 2.00 bits per heavy atom. The number of hydrogen-bond acceptors (Lipinski definition) is 2. The molecule has 1 aliphatic heterocycles. The highest BCUT2D eigenvalue weighted by atomic mass is 19.1. The van der Waals surface area contributed by atoms with Crippen molar-refractivity contribution in [2.24, 2.45) is 0 Å². The predicted molar refractivity (Wildman–Crippen MR) is 56.5 cm³/mol. The van der Waals surface area contributed by atoms with Gasteiger partial charge in [-0.05, 0) is 18.6 Å². The van der Waals surface area contributed by atoms with Crippen molar-refractivity contribution in [1.29, 1.82) is 0 Å². The molecule has 1 N–H and O–H groups in total. The third kappa shape index (κ3) is 1.88. The summed E-state index contributed by atoms with van der Waals surface area (Å²) >= 11 is 0. The number of nitrogens with zero attached hydrogens (tertiary/aromatic N) is 1. The molecule has 1 fully saturated rings. The largest absolute Gasteiger partial charge is 0.337 e. The van der Waals surface area contributed by atoms with Crippen LogP contribution in [-0.4, -0.2) is 18.5 Å². The van der Waals surface area contributed by atoms with Gasteiger partial charge in [0.15, 0.2) is 0 Å². The predicted octanol–water partition coefficient (Wildman–Crippen LogP) is 1.66. The fourth-order valence-electron chi connectivity index (χ4n) is 1.62. The number of carbonyl (C=O) groups excluding carboxylic acids is 2. The molecule has 1 aromatic carbocycles. The van der Waals surface area contributed by atoms with Gasteiger partial charge in [-0.15, -0.1) is 0 Å². The van der Waals surface area contributed by atoms with Crippen molar-refractivity contribution in [2.45, 2.75) is 12.8 Å². The molecule has 1 saturated heterocycles. The van der Waals surface area contributed by atoms with E-state index in [0.717, 1.165) is 4.90 Å². The normalized spacial score (nSPS) is 16.9. The fraction of sp³-hybridized carbons (Fsp3) is 0.273. The number of nitrogens with one attached hydrogen (secondary N) is 1. The topological polar surface area (TPSA) is 49.4 Å². The molecule has 4 nitrogen and oxygen atoms in total. The van der Waals surface area contributed by atoms with Gasteiger partial charge in [0, 0.05) is 13.0 Å². The first kappa shape index (κ1) is 10.6. The van der Waals surface area contributed by atoms with Crippen molar-refractivity contribution in [3.63, 3.8) is 0 Å². The van der Waals surface area contributed by atoms with Crippen LogP contribution < -0.4 is 10.2 Å². The molecule has 3 amide bonds. The molecule has 16 heavy (non-hydrogen) atoms. The van der Waals surface area contributed by atoms with Crippen LogP contribution in [0.25, 0.3) is 0 Å². The number of para-hydroxylation sites is 1. The Labute approximate surface area is 92.0 Å². The van der Waals surface area contributed by atoms with E-state index in [1.165, 1.54) is 18.2 Å². The number of carbonyl (C=O) groups is 2. The Morgan fingerprint density at radius 3 is 2.75 bits per heavy atom. The fourth-order valence-corrected chi connectivity index (χ4v) is 1.62. The molecule has 0 saturated carbocycles. The highest BCUT2D eigenvalue weighted by molar-refractivity contribution is 6.14. The van der Waals surface area contributed by atoms with Crippen LogP contribution >= 0.6 is 0 Å². The zero-order valence-corrected chi connectivity index (χ0v) is 8.57. The monoisotopic (exact) mass is 222 g/mol. The molecular weight excluding hydrogens is 211 g/mol. The number of anilines is 1. The molecule has 5 heteroatoms. The summed E-state index contributed by atoms with van der Waals surface area (Å²) in [6.45, 7) is 0.440. The molecule has 0 atom stereocenters. The first-order valence-electron chi connectivity index (χ1n) is 5.05. The molecule has 0 unspecified atom stereocenters. The third-order valence-corrected chi connectivity index (χ3v) is 2.39. The molecule has 1 heterocycles. The van der Waals surface area contributed by atoms with Crippen LogP contribution in [0.3, 0.4) is 0 Å². The van der Waals surface area contributed by atoms with Crippen molar-refractivity contribution in [1.82, 2.24) is 5.32 Å². The van der Waals surface area contributed by atoms with Crippen LogP contribution in [0.4, 0.5) is 14.9 Å². The van der Waals surface area contributed by atoms with E-state index in [2.05, 4.69) is 5.32 Å². The molecule has 1 aliphatic rings. The van der Waals surface area contributed by atoms with Gasteiger partial charge in [0.1, 0.15) is 5.82 Å². The first-order valence-corrected chi connectivity index (χ1v) is 5.05. The lowest BCUT2D eigenvalue weighted by Crippen LogP contribution is -2.41. The van der Waals surface area contributed by atoms with E-state index >= 15 is 0 Å². The number of halogens is 1. The SMILES string of the molecule is O=C1CCCNC(=O)N1c1ccccc1F. The van der Waals surface area contributed by atoms with Crippen LogP contribution in [0.1, 0.15) is 12.8 Å². The van der Waals surface area contributed by atoms with E-state index in [1.54, 1.807) is 6.07 Å². The summed E-state index contributed by atoms with van der Waals surface area (Å²) in [5.41, 5.74) is 0.00639. The molecule has 2 rings (SSSR count). The lowest BCUT2D eigenvalue weighted by Gasteiger charge is -2.18. The van der Waals surface area contributed by atoms with Gasteiger partial charge in [-0.25, -0.2) is 14.1 Å². The van der Waals surface area contributed by atoms with Gasteiger partial charge in [0.2, 0.25) is 5.91 Å². The van der Waals surface area contributed by atoms with Crippen LogP contribution in [0.5, 0.6) is 0 Å². The third-order valence-electron chi connectivity index (χ3n) is 2.39. The highest BCUT2D eigenvalue weighted by Crippen LogP contribution is 2.21. The zero-order valence-electron chi connectivity index (χ0n) is 8.57. The second-order valence-electron chi connectivity index (χ2n) is 3.52. The van der Waals surface area contributed by atoms with E-state index in [1.807, 2.05) is 0 Å². The van der Waals surface area contributed by atoms with E-state index in [9.17, 15) is 14.0 Å². The van der Waals surface area contributed by atoms with Gasteiger partial charge in [-0.3, -0.25) is 4.79 Å². The quantitative estimate of drug-likeness (QED) is 0.785. The number of imide groups is 1. The van der Waals surface area contributed by atoms with Gasteiger partial charge >= 0.3 is 6.03 Å². The van der Waals surface area contributed by atoms with Crippen LogP contribution in [-0.2, 0) is 4.79 Å². The van der Waals surface area contributed by atoms with Crippen LogP contribution in [0.15, 0.2) is 24.3 Å². The smallest absolute Gasteiger partial charge is 0.328 e. The van der Waals surface area contributed by atoms with Gasteiger partial charge in [0.25, 0.3) is 0 Å². The van der Waals surface area contributed by atoms with Crippen molar-refractivity contribution in [3.05, 3.63) is 30.1 Å². The van der Waals surface area contributed by atoms with Crippen molar-refractivity contribution in [3.8, 4) is 0 Å². The summed E-state index contributed by atoms with van der Waals surface area (Å²) in [7, 11) is 0. The molecule has 84 valence electrons. The summed E-state index contributed by atoms with van der Waals surface area (Å²) in [5.74, 6) is -0.951. The molecule has 1 aromatic rings. The maximum absolute atomic E-state index is 13.5. The van der Waals surface area contributed by atoms with Crippen LogP contribution in [0, 0.1) is 5.82 Å².